The molecule has 1 aromatic heterocycles. The molecule has 0 unspecified atom stereocenters. The fourth-order valence-corrected chi connectivity index (χ4v) is 0.856. The van der Waals surface area contributed by atoms with Crippen molar-refractivity contribution in [2.45, 2.75) is 6.92 Å². The van der Waals surface area contributed by atoms with Crippen LogP contribution in [-0.4, -0.2) is 24.0 Å². The van der Waals surface area contributed by atoms with Crippen molar-refractivity contribution in [2.75, 3.05) is 12.4 Å². The Balaban J connectivity index is 2.83. The predicted molar refractivity (Wildman–Crippen MR) is 50.3 cm³/mol. The van der Waals surface area contributed by atoms with E-state index in [1.165, 1.54) is 14.0 Å². The molecule has 5 nitrogen and oxygen atoms in total. The van der Waals surface area contributed by atoms with Gasteiger partial charge in [0.25, 0.3) is 0 Å². The van der Waals surface area contributed by atoms with Crippen LogP contribution in [0.5, 0.6) is 0 Å². The van der Waals surface area contributed by atoms with Gasteiger partial charge in [-0.3, -0.25) is 10.1 Å². The summed E-state index contributed by atoms with van der Waals surface area (Å²) in [6, 6.07) is 4.78. The van der Waals surface area contributed by atoms with Gasteiger partial charge < -0.3 is 4.74 Å². The van der Waals surface area contributed by atoms with E-state index in [9.17, 15) is 9.59 Å². The van der Waals surface area contributed by atoms with Gasteiger partial charge in [-0.15, -0.1) is 0 Å². The average molecular weight is 194 g/mol. The van der Waals surface area contributed by atoms with Crippen LogP contribution in [0.15, 0.2) is 18.2 Å². The molecule has 0 aliphatic heterocycles. The van der Waals surface area contributed by atoms with Gasteiger partial charge in [-0.05, 0) is 12.1 Å². The summed E-state index contributed by atoms with van der Waals surface area (Å²) in [4.78, 5) is 25.6. The lowest BCUT2D eigenvalue weighted by atomic mass is 10.3. The second-order valence-corrected chi connectivity index (χ2v) is 2.58. The van der Waals surface area contributed by atoms with E-state index in [-0.39, 0.29) is 5.78 Å². The molecule has 0 aliphatic rings. The molecule has 74 valence electrons. The lowest BCUT2D eigenvalue weighted by Gasteiger charge is -2.03. The number of Topliss-reactive ketones (excluding diaryl/α,β-unsaturated/α-hetero) is 1. The Labute approximate surface area is 81.1 Å². The summed E-state index contributed by atoms with van der Waals surface area (Å²) >= 11 is 0. The summed E-state index contributed by atoms with van der Waals surface area (Å²) < 4.78 is 4.38. The zero-order valence-electron chi connectivity index (χ0n) is 7.90. The van der Waals surface area contributed by atoms with E-state index in [0.29, 0.717) is 11.5 Å². The average Bonchev–Trinajstić information content (AvgIpc) is 2.18. The van der Waals surface area contributed by atoms with Crippen molar-refractivity contribution in [3.8, 4) is 0 Å². The minimum absolute atomic E-state index is 0.154. The van der Waals surface area contributed by atoms with Crippen molar-refractivity contribution in [3.63, 3.8) is 0 Å². The molecule has 0 aliphatic carbocycles. The highest BCUT2D eigenvalue weighted by Gasteiger charge is 2.04. The van der Waals surface area contributed by atoms with E-state index in [1.54, 1.807) is 18.2 Å². The Hall–Kier alpha value is -1.91. The van der Waals surface area contributed by atoms with Crippen LogP contribution < -0.4 is 5.32 Å². The molecule has 1 amide bonds. The van der Waals surface area contributed by atoms with Crippen LogP contribution in [0.3, 0.4) is 0 Å². The number of rotatable bonds is 2. The number of hydrogen-bond acceptors (Lipinski definition) is 4. The van der Waals surface area contributed by atoms with Crippen molar-refractivity contribution in [3.05, 3.63) is 23.9 Å². The highest BCUT2D eigenvalue weighted by atomic mass is 16.5. The van der Waals surface area contributed by atoms with Crippen LogP contribution >= 0.6 is 0 Å². The number of nitrogens with one attached hydrogen (secondary N) is 1. The number of ketones is 1. The van der Waals surface area contributed by atoms with E-state index in [0.717, 1.165) is 0 Å². The third kappa shape index (κ3) is 2.55. The van der Waals surface area contributed by atoms with E-state index in [4.69, 9.17) is 0 Å². The van der Waals surface area contributed by atoms with Gasteiger partial charge >= 0.3 is 6.09 Å². The number of ether oxygens (including phenoxy) is 1. The number of anilines is 1. The maximum absolute atomic E-state index is 10.9. The van der Waals surface area contributed by atoms with Gasteiger partial charge in [-0.25, -0.2) is 9.78 Å². The number of aromatic nitrogens is 1. The highest BCUT2D eigenvalue weighted by Crippen LogP contribution is 2.05. The van der Waals surface area contributed by atoms with Crippen molar-refractivity contribution in [2.24, 2.45) is 0 Å². The Bertz CT molecular complexity index is 363. The molecule has 1 N–H and O–H groups in total. The summed E-state index contributed by atoms with van der Waals surface area (Å²) in [6.45, 7) is 1.41. The van der Waals surface area contributed by atoms with Gasteiger partial charge in [-0.2, -0.15) is 0 Å². The number of carbonyl (C=O) groups is 2. The van der Waals surface area contributed by atoms with Gasteiger partial charge in [0.2, 0.25) is 0 Å². The zero-order valence-corrected chi connectivity index (χ0v) is 7.90. The van der Waals surface area contributed by atoms with Crippen molar-refractivity contribution in [1.29, 1.82) is 0 Å². The number of nitrogens with zero attached hydrogens (tertiary/aromatic N) is 1. The Morgan fingerprint density at radius 3 is 2.71 bits per heavy atom. The second-order valence-electron chi connectivity index (χ2n) is 2.58. The molecule has 5 heteroatoms. The predicted octanol–water partition coefficient (Wildman–Crippen LogP) is 1.46. The van der Waals surface area contributed by atoms with Crippen LogP contribution in [0.4, 0.5) is 10.6 Å². The number of amides is 1. The van der Waals surface area contributed by atoms with E-state index in [2.05, 4.69) is 15.0 Å². The third-order valence-corrected chi connectivity index (χ3v) is 1.53. The molecule has 0 saturated carbocycles. The monoisotopic (exact) mass is 194 g/mol. The van der Waals surface area contributed by atoms with Gasteiger partial charge in [0.1, 0.15) is 11.5 Å². The summed E-state index contributed by atoms with van der Waals surface area (Å²) in [5.41, 5.74) is 0.305. The standard InChI is InChI=1S/C9H10N2O3/c1-6(12)7-4-3-5-8(10-7)11-9(13)14-2/h3-5H,1-2H3,(H,10,11,13). The van der Waals surface area contributed by atoms with Gasteiger partial charge in [0.05, 0.1) is 7.11 Å². The molecular formula is C9H10N2O3. The van der Waals surface area contributed by atoms with Crippen molar-refractivity contribution >= 4 is 17.7 Å². The molecule has 0 atom stereocenters. The maximum Gasteiger partial charge on any atom is 0.412 e. The maximum atomic E-state index is 10.9. The van der Waals surface area contributed by atoms with Crippen molar-refractivity contribution < 1.29 is 14.3 Å². The fraction of sp³-hybridized carbons (Fsp3) is 0.222. The molecular weight excluding hydrogens is 184 g/mol. The quantitative estimate of drug-likeness (QED) is 0.723. The Morgan fingerprint density at radius 2 is 2.14 bits per heavy atom. The first kappa shape index (κ1) is 10.2. The topological polar surface area (TPSA) is 68.3 Å². The molecule has 0 radical (unpaired) electrons. The molecule has 14 heavy (non-hydrogen) atoms. The second kappa shape index (κ2) is 4.36. The SMILES string of the molecule is COC(=O)Nc1cccc(C(C)=O)n1. The minimum atomic E-state index is -0.613. The lowest BCUT2D eigenvalue weighted by molar-refractivity contribution is 0.101. The van der Waals surface area contributed by atoms with Gasteiger partial charge in [-0.1, -0.05) is 6.07 Å². The first-order chi connectivity index (χ1) is 6.63. The highest BCUT2D eigenvalue weighted by molar-refractivity contribution is 5.93. The normalized spacial score (nSPS) is 9.29. The molecule has 1 rings (SSSR count). The number of carbonyl (C=O) groups excluding carboxylic acids is 2. The number of methoxy groups -OCH3 is 1. The zero-order chi connectivity index (χ0) is 10.6. The molecule has 1 aromatic rings. The molecule has 0 bridgehead atoms. The van der Waals surface area contributed by atoms with E-state index < -0.39 is 6.09 Å². The fourth-order valence-electron chi connectivity index (χ4n) is 0.856. The summed E-state index contributed by atoms with van der Waals surface area (Å²) in [5.74, 6) is 0.142. The number of pyridine rings is 1. The first-order valence-electron chi connectivity index (χ1n) is 3.96. The molecule has 0 aromatic carbocycles. The molecule has 0 fully saturated rings. The lowest BCUT2D eigenvalue weighted by Crippen LogP contribution is -2.13. The minimum Gasteiger partial charge on any atom is -0.453 e. The van der Waals surface area contributed by atoms with Crippen LogP contribution in [0.2, 0.25) is 0 Å². The van der Waals surface area contributed by atoms with Crippen LogP contribution in [-0.2, 0) is 4.74 Å². The molecule has 1 heterocycles. The number of hydrogen-bond donors (Lipinski definition) is 1. The smallest absolute Gasteiger partial charge is 0.412 e. The molecule has 0 spiro atoms. The first-order valence-corrected chi connectivity index (χ1v) is 3.96. The summed E-state index contributed by atoms with van der Waals surface area (Å²) in [5, 5.41) is 2.36. The van der Waals surface area contributed by atoms with Crippen LogP contribution in [0.25, 0.3) is 0 Å². The Kier molecular flexibility index (Phi) is 3.17. The summed E-state index contributed by atoms with van der Waals surface area (Å²) in [7, 11) is 1.25. The summed E-state index contributed by atoms with van der Waals surface area (Å²) in [6.07, 6.45) is -0.613. The Morgan fingerprint density at radius 1 is 1.43 bits per heavy atom. The van der Waals surface area contributed by atoms with Crippen molar-refractivity contribution in [1.82, 2.24) is 4.98 Å². The van der Waals surface area contributed by atoms with Gasteiger partial charge in [0, 0.05) is 6.92 Å². The third-order valence-electron chi connectivity index (χ3n) is 1.53. The van der Waals surface area contributed by atoms with Gasteiger partial charge in [0.15, 0.2) is 5.78 Å². The van der Waals surface area contributed by atoms with Crippen LogP contribution in [0.1, 0.15) is 17.4 Å². The van der Waals surface area contributed by atoms with Crippen LogP contribution in [0, 0.1) is 0 Å². The van der Waals surface area contributed by atoms with E-state index in [1.807, 2.05) is 0 Å². The van der Waals surface area contributed by atoms with E-state index >= 15 is 0 Å². The largest absolute Gasteiger partial charge is 0.453 e. The molecule has 0 saturated heterocycles.